The molecule has 18 heteroatoms. The van der Waals surface area contributed by atoms with Gasteiger partial charge in [0.2, 0.25) is 0 Å². The van der Waals surface area contributed by atoms with Crippen LogP contribution in [-0.4, -0.2) is 95.9 Å². The van der Waals surface area contributed by atoms with Crippen molar-refractivity contribution < 1.29 is 75.8 Å². The number of ether oxygens (including phenoxy) is 3. The zero-order valence-electron chi connectivity index (χ0n) is 70.5. The first kappa shape index (κ1) is 107. The first-order chi connectivity index (χ1) is 55.2. The molecule has 0 aromatic rings. The molecule has 113 heavy (non-hydrogen) atoms. The monoisotopic (exact) mass is 1620 g/mol. The zero-order chi connectivity index (χ0) is 82.2. The molecule has 4 N–H and O–H groups in total. The average Bonchev–Trinajstić information content (AvgIpc) is 0.902. The number of carbonyl (C=O) groups excluding carboxylic acids is 3. The summed E-state index contributed by atoms with van der Waals surface area (Å²) in [6.45, 7) is 2.29. The van der Waals surface area contributed by atoms with Crippen LogP contribution in [0.4, 0.5) is 0 Å². The fourth-order valence-corrected chi connectivity index (χ4v) is 12.9. The molecule has 16 nitrogen and oxygen atoms in total. The number of aliphatic hydroxyl groups is 2. The van der Waals surface area contributed by atoms with Crippen molar-refractivity contribution >= 4 is 33.6 Å². The quantitative estimate of drug-likeness (QED) is 0.0146. The number of hydrogen-bond acceptors (Lipinski definition) is 14. The van der Waals surface area contributed by atoms with Crippen molar-refractivity contribution in [3.05, 3.63) is 194 Å². The molecule has 0 heterocycles. The van der Waals surface area contributed by atoms with Gasteiger partial charge in [0.1, 0.15) is 25.4 Å². The van der Waals surface area contributed by atoms with Crippen LogP contribution in [0.2, 0.25) is 0 Å². The Kier molecular flexibility index (Phi) is 81.5. The number of phosphoric acid groups is 2. The van der Waals surface area contributed by atoms with Crippen LogP contribution in [0, 0.1) is 0 Å². The van der Waals surface area contributed by atoms with E-state index in [4.69, 9.17) is 32.3 Å². The average molecular weight is 1620 g/mol. The lowest BCUT2D eigenvalue weighted by Gasteiger charge is -2.21. The van der Waals surface area contributed by atoms with Crippen LogP contribution < -0.4 is 0 Å². The molecule has 5 atom stereocenters. The van der Waals surface area contributed by atoms with Gasteiger partial charge in [-0.25, -0.2) is 9.13 Å². The number of carbonyl (C=O) groups is 3. The lowest BCUT2D eigenvalue weighted by atomic mass is 10.0. The molecule has 0 fully saturated rings. The van der Waals surface area contributed by atoms with Gasteiger partial charge in [0, 0.05) is 19.3 Å². The molecular formula is C95H156O16P2. The second-order valence-corrected chi connectivity index (χ2v) is 31.5. The summed E-state index contributed by atoms with van der Waals surface area (Å²) in [6, 6.07) is 0. The van der Waals surface area contributed by atoms with Crippen LogP contribution in [0.5, 0.6) is 0 Å². The lowest BCUT2D eigenvalue weighted by Crippen LogP contribution is -2.30. The summed E-state index contributed by atoms with van der Waals surface area (Å²) < 4.78 is 61.3. The third-order valence-electron chi connectivity index (χ3n) is 17.8. The van der Waals surface area contributed by atoms with E-state index in [0.29, 0.717) is 19.3 Å². The number of allylic oxidation sites excluding steroid dienone is 32. The Hall–Kier alpha value is -5.61. The van der Waals surface area contributed by atoms with Crippen LogP contribution in [0.3, 0.4) is 0 Å². The van der Waals surface area contributed by atoms with Gasteiger partial charge in [-0.15, -0.1) is 0 Å². The second kappa shape index (κ2) is 85.8. The first-order valence-electron chi connectivity index (χ1n) is 43.7. The van der Waals surface area contributed by atoms with Crippen molar-refractivity contribution in [2.45, 2.75) is 347 Å². The van der Waals surface area contributed by atoms with Crippen molar-refractivity contribution in [1.82, 2.24) is 0 Å². The van der Waals surface area contributed by atoms with E-state index in [1.807, 2.05) is 0 Å². The number of unbranched alkanes of at least 4 members (excludes halogenated alkanes) is 26. The van der Waals surface area contributed by atoms with Crippen LogP contribution in [0.1, 0.15) is 329 Å². The van der Waals surface area contributed by atoms with Crippen molar-refractivity contribution in [3.63, 3.8) is 0 Å². The smallest absolute Gasteiger partial charge is 0.463 e. The molecule has 642 valence electrons. The molecule has 0 aromatic carbocycles. The predicted octanol–water partition coefficient (Wildman–Crippen LogP) is 26.7. The highest BCUT2D eigenvalue weighted by atomic mass is 31.2. The van der Waals surface area contributed by atoms with E-state index < -0.39 is 91.5 Å². The summed E-state index contributed by atoms with van der Waals surface area (Å²) >= 11 is 0. The third kappa shape index (κ3) is 87.1. The van der Waals surface area contributed by atoms with Crippen LogP contribution >= 0.6 is 15.6 Å². The highest BCUT2D eigenvalue weighted by Gasteiger charge is 2.29. The molecule has 5 unspecified atom stereocenters. The van der Waals surface area contributed by atoms with Crippen LogP contribution in [0.15, 0.2) is 194 Å². The number of aliphatic hydroxyl groups excluding tert-OH is 2. The summed E-state index contributed by atoms with van der Waals surface area (Å²) in [7, 11) is -9.83. The van der Waals surface area contributed by atoms with Gasteiger partial charge in [0.05, 0.1) is 26.4 Å². The van der Waals surface area contributed by atoms with Gasteiger partial charge in [-0.2, -0.15) is 0 Å². The van der Waals surface area contributed by atoms with E-state index in [1.165, 1.54) is 89.9 Å². The molecule has 0 amide bonds. The van der Waals surface area contributed by atoms with E-state index in [1.54, 1.807) is 0 Å². The minimum Gasteiger partial charge on any atom is -0.463 e. The fraction of sp³-hybridized carbons (Fsp3) is 0.632. The Morgan fingerprint density at radius 3 is 0.699 bits per heavy atom. The maximum Gasteiger partial charge on any atom is 0.472 e. The molecule has 0 aliphatic heterocycles. The number of hydrogen-bond donors (Lipinski definition) is 4. The Morgan fingerprint density at radius 2 is 0.442 bits per heavy atom. The van der Waals surface area contributed by atoms with Gasteiger partial charge < -0.3 is 34.2 Å². The maximum absolute atomic E-state index is 13.0. The molecule has 0 saturated carbocycles. The van der Waals surface area contributed by atoms with Gasteiger partial charge in [-0.1, -0.05) is 344 Å². The Labute approximate surface area is 687 Å². The summed E-state index contributed by atoms with van der Waals surface area (Å²) in [6.07, 6.45) is 113. The Morgan fingerprint density at radius 1 is 0.248 bits per heavy atom. The molecular weight excluding hydrogens is 1460 g/mol. The number of phosphoric ester groups is 2. The number of esters is 3. The zero-order valence-corrected chi connectivity index (χ0v) is 72.3. The minimum atomic E-state index is -4.96. The third-order valence-corrected chi connectivity index (χ3v) is 19.7. The fourth-order valence-electron chi connectivity index (χ4n) is 11.3. The normalized spacial score (nSPS) is 14.8. The van der Waals surface area contributed by atoms with Crippen molar-refractivity contribution in [2.24, 2.45) is 0 Å². The Balaban J connectivity index is 4.60. The summed E-state index contributed by atoms with van der Waals surface area (Å²) in [5, 5.41) is 20.7. The molecule has 0 aromatic heterocycles. The van der Waals surface area contributed by atoms with Gasteiger partial charge in [-0.05, 0) is 161 Å². The standard InChI is InChI=1S/C95H156O16P2/c1-4-7-10-13-16-19-22-25-28-31-34-37-39-40-41-42-43-44-45-46-47-48-50-53-54-57-60-63-66-69-72-75-78-81-93(98)105-84-90(96)85-107-112(101,102)108-86-91(97)87-109-113(103,104)110-89-92(111-95(100)83-80-77-74-71-68-65-62-59-56-51-36-33-30-27-24-21-18-15-12-9-6-3)88-106-94(99)82-79-76-73-70-67-64-61-58-55-52-49-38-35-32-29-26-23-20-17-14-11-8-5-2/h7-12,16-21,25-30,34-38,40-41,51-52,55,59,61-62,64,90-92,96-97H,4-6,13-15,22-24,31-33,39,42-50,53-54,56-58,60,63,65-89H2,1-3H3,(H,101,102)(H,103,104)/b10-7-,11-8-,12-9-,19-16-,20-17-,21-18-,28-25-,29-26-,30-27-,37-34-,38-35-,41-40-,51-36-,55-52-,62-59-,64-61-. The lowest BCUT2D eigenvalue weighted by molar-refractivity contribution is -0.161. The van der Waals surface area contributed by atoms with E-state index in [0.717, 1.165) is 180 Å². The van der Waals surface area contributed by atoms with Crippen LogP contribution in [0.25, 0.3) is 0 Å². The molecule has 0 bridgehead atoms. The highest BCUT2D eigenvalue weighted by molar-refractivity contribution is 7.47. The van der Waals surface area contributed by atoms with Crippen molar-refractivity contribution in [2.75, 3.05) is 39.6 Å². The molecule has 0 spiro atoms. The summed E-state index contributed by atoms with van der Waals surface area (Å²) in [4.78, 5) is 58.9. The Bertz CT molecular complexity index is 2830. The van der Waals surface area contributed by atoms with Gasteiger partial charge in [0.15, 0.2) is 6.10 Å². The molecule has 0 rings (SSSR count). The van der Waals surface area contributed by atoms with Crippen LogP contribution in [-0.2, 0) is 55.8 Å². The SMILES string of the molecule is CC/C=C\C/C=C\C/C=C\C/C=C\C/C=C\C/C=C\CCCCCCC(=O)OCC(COP(=O)(O)OCC(O)COP(=O)(O)OCC(O)COC(=O)CCCCCCCCCCCCCCCCCCC/C=C\C/C=C\C/C=C\C/C=C\C/C=C\CC)OC(=O)CCCCCCC/C=C\C/C=C\C/C=C\C/C=C\C/C=C\CC. The highest BCUT2D eigenvalue weighted by Crippen LogP contribution is 2.45. The van der Waals surface area contributed by atoms with E-state index in [2.05, 4.69) is 215 Å². The molecule has 0 aliphatic carbocycles. The predicted molar refractivity (Wildman–Crippen MR) is 472 cm³/mol. The molecule has 0 radical (unpaired) electrons. The minimum absolute atomic E-state index is 0.0689. The van der Waals surface area contributed by atoms with E-state index in [-0.39, 0.29) is 19.3 Å². The van der Waals surface area contributed by atoms with Gasteiger partial charge in [0.25, 0.3) is 0 Å². The topological polar surface area (TPSA) is 231 Å². The summed E-state index contributed by atoms with van der Waals surface area (Å²) in [5.41, 5.74) is 0. The van der Waals surface area contributed by atoms with E-state index >= 15 is 0 Å². The molecule has 0 saturated heterocycles. The van der Waals surface area contributed by atoms with Crippen molar-refractivity contribution in [1.29, 1.82) is 0 Å². The van der Waals surface area contributed by atoms with Crippen molar-refractivity contribution in [3.8, 4) is 0 Å². The maximum atomic E-state index is 13.0. The van der Waals surface area contributed by atoms with E-state index in [9.17, 15) is 43.5 Å². The van der Waals surface area contributed by atoms with Gasteiger partial charge >= 0.3 is 33.6 Å². The number of rotatable bonds is 81. The molecule has 0 aliphatic rings. The first-order valence-corrected chi connectivity index (χ1v) is 46.7. The second-order valence-electron chi connectivity index (χ2n) is 28.5. The van der Waals surface area contributed by atoms with Gasteiger partial charge in [-0.3, -0.25) is 32.5 Å². The largest absolute Gasteiger partial charge is 0.472 e. The summed E-state index contributed by atoms with van der Waals surface area (Å²) in [5.74, 6) is -1.63.